The molecule has 4 atom stereocenters. The van der Waals surface area contributed by atoms with E-state index in [1.165, 1.54) is 0 Å². The number of carbonyl (C=O) groups is 1. The number of likely N-dealkylation sites (N-methyl/N-ethyl adjacent to an activating group) is 1. The zero-order valence-corrected chi connectivity index (χ0v) is 27.3. The molecule has 2 bridgehead atoms. The first-order valence-electron chi connectivity index (χ1n) is 16.1. The number of aromatic nitrogens is 2. The quantitative estimate of drug-likeness (QED) is 0.422. The van der Waals surface area contributed by atoms with Gasteiger partial charge in [-0.05, 0) is 77.6 Å². The zero-order valence-electron chi connectivity index (χ0n) is 26.6. The lowest BCUT2D eigenvalue weighted by molar-refractivity contribution is 0.00600. The van der Waals surface area contributed by atoms with Crippen LogP contribution in [-0.4, -0.2) is 101 Å². The number of ether oxygens (including phenoxy) is 2. The lowest BCUT2D eigenvalue weighted by atomic mass is 10.0. The van der Waals surface area contributed by atoms with E-state index in [2.05, 4.69) is 46.0 Å². The maximum Gasteiger partial charge on any atom is 0.411 e. The van der Waals surface area contributed by atoms with Crippen molar-refractivity contribution in [2.75, 3.05) is 49.6 Å². The van der Waals surface area contributed by atoms with E-state index in [9.17, 15) is 9.90 Å². The molecule has 1 aromatic heterocycles. The van der Waals surface area contributed by atoms with E-state index in [1.807, 2.05) is 32.9 Å². The van der Waals surface area contributed by atoms with Crippen LogP contribution in [0.3, 0.4) is 0 Å². The molecule has 45 heavy (non-hydrogen) atoms. The Balaban J connectivity index is 1.21. The minimum absolute atomic E-state index is 0.173. The molecule has 11 heteroatoms. The number of anilines is 2. The summed E-state index contributed by atoms with van der Waals surface area (Å²) in [5.74, 6) is 0.846. The van der Waals surface area contributed by atoms with Crippen molar-refractivity contribution in [2.45, 2.75) is 82.8 Å². The summed E-state index contributed by atoms with van der Waals surface area (Å²) in [5.41, 5.74) is 2.52. The number of amides is 1. The molecule has 0 unspecified atom stereocenters. The number of halogens is 1. The molecule has 5 heterocycles. The number of benzene rings is 2. The Morgan fingerprint density at radius 2 is 1.89 bits per heavy atom. The normalized spacial score (nSPS) is 25.2. The molecule has 3 fully saturated rings. The van der Waals surface area contributed by atoms with Crippen LogP contribution >= 0.6 is 11.6 Å². The summed E-state index contributed by atoms with van der Waals surface area (Å²) < 4.78 is 12.1. The highest BCUT2D eigenvalue weighted by Gasteiger charge is 2.50. The molecule has 3 saturated heterocycles. The first-order valence-corrected chi connectivity index (χ1v) is 16.5. The van der Waals surface area contributed by atoms with Crippen LogP contribution in [0.4, 0.5) is 16.3 Å². The van der Waals surface area contributed by atoms with Crippen LogP contribution in [0, 0.1) is 0 Å². The van der Waals surface area contributed by atoms with Crippen molar-refractivity contribution in [1.82, 2.24) is 19.8 Å². The third-order valence-electron chi connectivity index (χ3n) is 9.72. The molecule has 1 amide bonds. The van der Waals surface area contributed by atoms with Crippen LogP contribution in [0.2, 0.25) is 5.02 Å². The van der Waals surface area contributed by atoms with Gasteiger partial charge in [0.15, 0.2) is 0 Å². The van der Waals surface area contributed by atoms with Crippen LogP contribution < -0.4 is 14.5 Å². The lowest BCUT2D eigenvalue weighted by Crippen LogP contribution is -2.58. The van der Waals surface area contributed by atoms with Crippen molar-refractivity contribution in [3.63, 3.8) is 0 Å². The fraction of sp³-hybridized carbons (Fsp3) is 0.559. The fourth-order valence-electron chi connectivity index (χ4n) is 7.53. The van der Waals surface area contributed by atoms with Gasteiger partial charge in [0.1, 0.15) is 18.0 Å². The van der Waals surface area contributed by atoms with E-state index in [0.29, 0.717) is 44.7 Å². The number of rotatable bonds is 5. The average Bonchev–Trinajstić information content (AvgIpc) is 3.50. The zero-order chi connectivity index (χ0) is 31.5. The molecule has 240 valence electrons. The van der Waals surface area contributed by atoms with E-state index in [1.54, 1.807) is 4.90 Å². The number of nitrogens with zero attached hydrogens (tertiary/aromatic N) is 6. The largest absolute Gasteiger partial charge is 0.462 e. The number of aliphatic hydroxyl groups excluding tert-OH is 1. The SMILES string of the molecule is CN1CCC[C@H]1COc1nc2c(c(N3C[C@H]4C[C@@H](O)[C@@H](C3)N4C(=O)OC(C)(C)C)n1)CCN(c1cccc3cccc(Cl)c13)C2. The number of likely N-dealkylation sites (tertiary alicyclic amines) is 1. The van der Waals surface area contributed by atoms with Crippen molar-refractivity contribution in [1.29, 1.82) is 0 Å². The van der Waals surface area contributed by atoms with Crippen LogP contribution in [-0.2, 0) is 17.7 Å². The maximum atomic E-state index is 13.2. The highest BCUT2D eigenvalue weighted by atomic mass is 35.5. The first kappa shape index (κ1) is 30.3. The van der Waals surface area contributed by atoms with Crippen LogP contribution in [0.5, 0.6) is 6.01 Å². The van der Waals surface area contributed by atoms with Crippen LogP contribution in [0.25, 0.3) is 10.8 Å². The second kappa shape index (κ2) is 11.8. The van der Waals surface area contributed by atoms with E-state index in [4.69, 9.17) is 31.0 Å². The second-order valence-corrected chi connectivity index (χ2v) is 14.4. The highest BCUT2D eigenvalue weighted by molar-refractivity contribution is 6.36. The summed E-state index contributed by atoms with van der Waals surface area (Å²) >= 11 is 6.72. The molecule has 0 radical (unpaired) electrons. The molecule has 0 spiro atoms. The molecule has 0 saturated carbocycles. The van der Waals surface area contributed by atoms with Gasteiger partial charge in [0.2, 0.25) is 0 Å². The molecule has 3 aromatic rings. The lowest BCUT2D eigenvalue weighted by Gasteiger charge is -2.43. The number of hydrogen-bond acceptors (Lipinski definition) is 9. The Bertz CT molecular complexity index is 1590. The third-order valence-corrected chi connectivity index (χ3v) is 10.0. The Morgan fingerprint density at radius 3 is 2.62 bits per heavy atom. The summed E-state index contributed by atoms with van der Waals surface area (Å²) in [7, 11) is 2.14. The molecule has 4 aliphatic rings. The third kappa shape index (κ3) is 5.88. The number of hydrogen-bond donors (Lipinski definition) is 1. The van der Waals surface area contributed by atoms with E-state index in [-0.39, 0.29) is 18.2 Å². The van der Waals surface area contributed by atoms with Crippen LogP contribution in [0.15, 0.2) is 36.4 Å². The van der Waals surface area contributed by atoms with Gasteiger partial charge in [-0.3, -0.25) is 4.90 Å². The van der Waals surface area contributed by atoms with Crippen molar-refractivity contribution >= 4 is 40.0 Å². The Hall–Kier alpha value is -3.34. The summed E-state index contributed by atoms with van der Waals surface area (Å²) in [6, 6.07) is 12.5. The molecule has 7 rings (SSSR count). The molecular formula is C34H43ClN6O4. The van der Waals surface area contributed by atoms with E-state index < -0.39 is 11.7 Å². The maximum absolute atomic E-state index is 13.2. The summed E-state index contributed by atoms with van der Waals surface area (Å²) in [6.07, 6.45) is 2.54. The second-order valence-electron chi connectivity index (χ2n) is 13.9. The average molecular weight is 635 g/mol. The molecule has 10 nitrogen and oxygen atoms in total. The minimum Gasteiger partial charge on any atom is -0.462 e. The fourth-order valence-corrected chi connectivity index (χ4v) is 7.80. The van der Waals surface area contributed by atoms with Gasteiger partial charge in [0, 0.05) is 42.3 Å². The minimum atomic E-state index is -0.620. The van der Waals surface area contributed by atoms with Crippen molar-refractivity contribution in [2.24, 2.45) is 0 Å². The summed E-state index contributed by atoms with van der Waals surface area (Å²) in [6.45, 7) is 9.62. The topological polar surface area (TPSA) is 94.5 Å². The summed E-state index contributed by atoms with van der Waals surface area (Å²) in [5, 5.41) is 13.9. The molecular weight excluding hydrogens is 592 g/mol. The number of carbonyl (C=O) groups excluding carboxylic acids is 1. The summed E-state index contributed by atoms with van der Waals surface area (Å²) in [4.78, 5) is 31.9. The van der Waals surface area contributed by atoms with Gasteiger partial charge in [0.05, 0.1) is 35.4 Å². The van der Waals surface area contributed by atoms with Gasteiger partial charge >= 0.3 is 12.1 Å². The van der Waals surface area contributed by atoms with Gasteiger partial charge in [0.25, 0.3) is 0 Å². The van der Waals surface area contributed by atoms with E-state index >= 15 is 0 Å². The monoisotopic (exact) mass is 634 g/mol. The predicted octanol–water partition coefficient (Wildman–Crippen LogP) is 4.88. The van der Waals surface area contributed by atoms with Crippen LogP contribution in [0.1, 0.15) is 51.3 Å². The van der Waals surface area contributed by atoms with Crippen molar-refractivity contribution in [3.8, 4) is 6.01 Å². The van der Waals surface area contributed by atoms with Gasteiger partial charge in [-0.15, -0.1) is 0 Å². The first-order chi connectivity index (χ1) is 21.6. The van der Waals surface area contributed by atoms with Crippen molar-refractivity contribution in [3.05, 3.63) is 52.7 Å². The Kier molecular flexibility index (Phi) is 7.94. The van der Waals surface area contributed by atoms with Crippen molar-refractivity contribution < 1.29 is 19.4 Å². The number of aliphatic hydroxyl groups is 1. The smallest absolute Gasteiger partial charge is 0.411 e. The molecule has 2 aromatic carbocycles. The Morgan fingerprint density at radius 1 is 1.09 bits per heavy atom. The molecule has 4 aliphatic heterocycles. The van der Waals surface area contributed by atoms with E-state index in [0.717, 1.165) is 70.9 Å². The van der Waals surface area contributed by atoms with Gasteiger partial charge in [-0.25, -0.2) is 4.79 Å². The predicted molar refractivity (Wildman–Crippen MR) is 175 cm³/mol. The standard InChI is InChI=1S/C34H43ClN6O4/c1-34(2,3)45-33(43)41-23-16-29(42)28(41)19-40(17-23)31-24-13-15-39(27-12-6-9-21-8-5-11-25(35)30(21)27)18-26(24)36-32(37-31)44-20-22-10-7-14-38(22)4/h5-6,8-9,11-12,22-23,28-29,42H,7,10,13-20H2,1-4H3/t22-,23+,28+,29+/m0/s1. The molecule has 1 N–H and O–H groups in total. The Labute approximate surface area is 269 Å². The van der Waals surface area contributed by atoms with Gasteiger partial charge in [-0.1, -0.05) is 35.9 Å². The van der Waals surface area contributed by atoms with Gasteiger partial charge in [-0.2, -0.15) is 9.97 Å². The van der Waals surface area contributed by atoms with Gasteiger partial charge < -0.3 is 29.3 Å². The number of piperazine rings is 1. The number of fused-ring (bicyclic) bond motifs is 4. The molecule has 0 aliphatic carbocycles. The highest BCUT2D eigenvalue weighted by Crippen LogP contribution is 2.39.